The summed E-state index contributed by atoms with van der Waals surface area (Å²) in [6.07, 6.45) is 6.24. The second-order valence-corrected chi connectivity index (χ2v) is 8.80. The second-order valence-electron chi connectivity index (χ2n) is 8.80. The van der Waals surface area contributed by atoms with Crippen LogP contribution in [0, 0.1) is 5.82 Å². The average molecular weight is 471 g/mol. The van der Waals surface area contributed by atoms with E-state index in [1.807, 2.05) is 19.2 Å². The van der Waals surface area contributed by atoms with E-state index in [2.05, 4.69) is 24.8 Å². The Morgan fingerprint density at radius 2 is 1.91 bits per heavy atom. The van der Waals surface area contributed by atoms with Crippen LogP contribution < -0.4 is 10.6 Å². The Bertz CT molecular complexity index is 1640. The number of hydrogen-bond acceptors (Lipinski definition) is 6. The highest BCUT2D eigenvalue weighted by atomic mass is 19.1. The van der Waals surface area contributed by atoms with E-state index in [-0.39, 0.29) is 23.2 Å². The number of hydrogen-bond donors (Lipinski definition) is 1. The number of nitrogens with zero attached hydrogens (tertiary/aromatic N) is 6. The Morgan fingerprint density at radius 1 is 1.09 bits per heavy atom. The summed E-state index contributed by atoms with van der Waals surface area (Å²) >= 11 is 0. The number of rotatable bonds is 4. The van der Waals surface area contributed by atoms with E-state index in [1.54, 1.807) is 33.7 Å². The molecule has 1 aliphatic rings. The third-order valence-corrected chi connectivity index (χ3v) is 6.73. The standard InChI is InChI=1S/C25H22FN7O2/c1-31-13-18(17-11-15(26)4-5-20(17)31)23(34)19-12-22(29-14-28-19)32-9-6-16(7-10-32)33-21-3-2-8-27-24(21)30-25(33)35/h2-5,8,11-14,16H,6-7,9-10H2,1H3,(H,27,30,35). The normalized spacial score (nSPS) is 14.7. The Hall–Kier alpha value is -4.34. The fourth-order valence-electron chi connectivity index (χ4n) is 5.00. The zero-order chi connectivity index (χ0) is 24.1. The third-order valence-electron chi connectivity index (χ3n) is 6.73. The van der Waals surface area contributed by atoms with Crippen LogP contribution in [0.4, 0.5) is 10.2 Å². The first kappa shape index (κ1) is 21.2. The maximum Gasteiger partial charge on any atom is 0.327 e. The molecule has 9 nitrogen and oxygen atoms in total. The number of benzene rings is 1. The van der Waals surface area contributed by atoms with Gasteiger partial charge in [-0.2, -0.15) is 0 Å². The molecule has 1 fully saturated rings. The topological polar surface area (TPSA) is 102 Å². The number of H-pyrrole nitrogens is 1. The van der Waals surface area contributed by atoms with E-state index in [1.165, 1.54) is 18.5 Å². The van der Waals surface area contributed by atoms with Crippen molar-refractivity contribution in [1.29, 1.82) is 0 Å². The van der Waals surface area contributed by atoms with E-state index in [4.69, 9.17) is 0 Å². The third kappa shape index (κ3) is 3.58. The van der Waals surface area contributed by atoms with E-state index < -0.39 is 5.82 Å². The lowest BCUT2D eigenvalue weighted by atomic mass is 10.0. The number of ketones is 1. The molecule has 6 rings (SSSR count). The molecule has 1 N–H and O–H groups in total. The Morgan fingerprint density at radius 3 is 2.74 bits per heavy atom. The number of pyridine rings is 1. The molecule has 10 heteroatoms. The maximum atomic E-state index is 13.9. The molecule has 4 aromatic heterocycles. The monoisotopic (exact) mass is 471 g/mol. The molecule has 0 unspecified atom stereocenters. The number of aryl methyl sites for hydroxylation is 1. The smallest absolute Gasteiger partial charge is 0.327 e. The van der Waals surface area contributed by atoms with Gasteiger partial charge in [0.15, 0.2) is 5.65 Å². The number of carbonyl (C=O) groups is 1. The summed E-state index contributed by atoms with van der Waals surface area (Å²) in [6, 6.07) is 9.86. The molecule has 0 bridgehead atoms. The van der Waals surface area contributed by atoms with E-state index in [0.29, 0.717) is 35.5 Å². The van der Waals surface area contributed by atoms with Crippen LogP contribution in [0.15, 0.2) is 59.9 Å². The number of piperidine rings is 1. The summed E-state index contributed by atoms with van der Waals surface area (Å²) < 4.78 is 17.5. The SMILES string of the molecule is Cn1cc(C(=O)c2cc(N3CCC(n4c(=O)[nH]c5ncccc54)CC3)ncn2)c2cc(F)ccc21. The first-order valence-electron chi connectivity index (χ1n) is 11.4. The van der Waals surface area contributed by atoms with Crippen molar-refractivity contribution < 1.29 is 9.18 Å². The van der Waals surface area contributed by atoms with Crippen molar-refractivity contribution in [2.45, 2.75) is 18.9 Å². The van der Waals surface area contributed by atoms with Crippen LogP contribution in [-0.2, 0) is 7.05 Å². The predicted octanol–water partition coefficient (Wildman–Crippen LogP) is 3.22. The summed E-state index contributed by atoms with van der Waals surface area (Å²) in [5, 5.41) is 0.553. The van der Waals surface area contributed by atoms with Crippen molar-refractivity contribution in [3.63, 3.8) is 0 Å². The number of fused-ring (bicyclic) bond motifs is 2. The van der Waals surface area contributed by atoms with Crippen molar-refractivity contribution in [3.8, 4) is 0 Å². The van der Waals surface area contributed by atoms with E-state index in [0.717, 1.165) is 23.9 Å². The van der Waals surface area contributed by atoms with Crippen LogP contribution in [-0.4, -0.2) is 47.9 Å². The highest BCUT2D eigenvalue weighted by molar-refractivity contribution is 6.15. The largest absolute Gasteiger partial charge is 0.356 e. The van der Waals surface area contributed by atoms with Crippen molar-refractivity contribution in [2.24, 2.45) is 7.05 Å². The van der Waals surface area contributed by atoms with Crippen LogP contribution in [0.25, 0.3) is 22.1 Å². The van der Waals surface area contributed by atoms with Crippen LogP contribution in [0.5, 0.6) is 0 Å². The molecule has 0 aliphatic carbocycles. The van der Waals surface area contributed by atoms with Gasteiger partial charge in [-0.1, -0.05) is 0 Å². The van der Waals surface area contributed by atoms with Gasteiger partial charge in [-0.05, 0) is 43.2 Å². The number of anilines is 1. The van der Waals surface area contributed by atoms with Gasteiger partial charge in [0.1, 0.15) is 23.7 Å². The summed E-state index contributed by atoms with van der Waals surface area (Å²) in [5.74, 6) is -0.0205. The maximum absolute atomic E-state index is 13.9. The lowest BCUT2D eigenvalue weighted by Gasteiger charge is -2.33. The van der Waals surface area contributed by atoms with Gasteiger partial charge in [0.05, 0.1) is 5.52 Å². The molecule has 5 aromatic rings. The fraction of sp³-hybridized carbons (Fsp3) is 0.240. The zero-order valence-electron chi connectivity index (χ0n) is 19.0. The first-order chi connectivity index (χ1) is 17.0. The number of carbonyl (C=O) groups excluding carboxylic acids is 1. The summed E-state index contributed by atoms with van der Waals surface area (Å²) in [4.78, 5) is 43.6. The van der Waals surface area contributed by atoms with Gasteiger partial charge in [-0.15, -0.1) is 0 Å². The number of imidazole rings is 1. The highest BCUT2D eigenvalue weighted by Crippen LogP contribution is 2.28. The molecule has 35 heavy (non-hydrogen) atoms. The van der Waals surface area contributed by atoms with Crippen LogP contribution in [0.2, 0.25) is 0 Å². The van der Waals surface area contributed by atoms with Crippen molar-refractivity contribution in [3.05, 3.63) is 82.7 Å². The molecule has 1 aromatic carbocycles. The molecule has 1 aliphatic heterocycles. The Labute approximate surface area is 198 Å². The molecule has 176 valence electrons. The second kappa shape index (κ2) is 8.15. The quantitative estimate of drug-likeness (QED) is 0.404. The van der Waals surface area contributed by atoms with Gasteiger partial charge in [0, 0.05) is 61.1 Å². The molecule has 0 atom stereocenters. The molecule has 0 spiro atoms. The van der Waals surface area contributed by atoms with Gasteiger partial charge in [-0.25, -0.2) is 24.1 Å². The fourth-order valence-corrected chi connectivity index (χ4v) is 5.00. The summed E-state index contributed by atoms with van der Waals surface area (Å²) in [5.41, 5.74) is 2.67. The first-order valence-corrected chi connectivity index (χ1v) is 11.4. The van der Waals surface area contributed by atoms with E-state index >= 15 is 0 Å². The van der Waals surface area contributed by atoms with Gasteiger partial charge in [-0.3, -0.25) is 14.3 Å². The van der Waals surface area contributed by atoms with Gasteiger partial charge < -0.3 is 9.47 Å². The lowest BCUT2D eigenvalue weighted by Crippen LogP contribution is -2.37. The highest BCUT2D eigenvalue weighted by Gasteiger charge is 2.25. The van der Waals surface area contributed by atoms with Crippen molar-refractivity contribution in [2.75, 3.05) is 18.0 Å². The molecule has 0 radical (unpaired) electrons. The van der Waals surface area contributed by atoms with Gasteiger partial charge >= 0.3 is 5.69 Å². The average Bonchev–Trinajstić information content (AvgIpc) is 3.39. The molecule has 1 saturated heterocycles. The Kier molecular flexibility index (Phi) is 4.94. The van der Waals surface area contributed by atoms with Crippen molar-refractivity contribution in [1.82, 2.24) is 29.1 Å². The minimum Gasteiger partial charge on any atom is -0.356 e. The van der Waals surface area contributed by atoms with Crippen molar-refractivity contribution >= 4 is 33.7 Å². The Balaban J connectivity index is 1.24. The van der Waals surface area contributed by atoms with Gasteiger partial charge in [0.25, 0.3) is 0 Å². The minimum absolute atomic E-state index is 0.0465. The molecule has 0 amide bonds. The number of aromatic amines is 1. The lowest BCUT2D eigenvalue weighted by molar-refractivity contribution is 0.103. The molecule has 5 heterocycles. The summed E-state index contributed by atoms with van der Waals surface area (Å²) in [6.45, 7) is 1.35. The molecule has 0 saturated carbocycles. The predicted molar refractivity (Wildman–Crippen MR) is 129 cm³/mol. The molecular weight excluding hydrogens is 449 g/mol. The number of aromatic nitrogens is 6. The van der Waals surface area contributed by atoms with Gasteiger partial charge in [0.2, 0.25) is 5.78 Å². The van der Waals surface area contributed by atoms with Crippen LogP contribution in [0.3, 0.4) is 0 Å². The number of nitrogens with one attached hydrogen (secondary N) is 1. The molecular formula is C25H22FN7O2. The van der Waals surface area contributed by atoms with Crippen LogP contribution in [0.1, 0.15) is 34.9 Å². The van der Waals surface area contributed by atoms with Crippen LogP contribution >= 0.6 is 0 Å². The van der Waals surface area contributed by atoms with E-state index in [9.17, 15) is 14.0 Å². The number of halogens is 1. The minimum atomic E-state index is -0.394. The summed E-state index contributed by atoms with van der Waals surface area (Å²) in [7, 11) is 1.82. The zero-order valence-corrected chi connectivity index (χ0v) is 19.0.